The molecule has 0 fully saturated rings. The largest absolute Gasteiger partial charge is 0.493 e. The van der Waals surface area contributed by atoms with Gasteiger partial charge in [-0.1, -0.05) is 24.3 Å². The first-order chi connectivity index (χ1) is 16.0. The number of amides is 1. The molecule has 0 aliphatic rings. The summed E-state index contributed by atoms with van der Waals surface area (Å²) in [6.07, 6.45) is 9.04. The molecule has 0 bridgehead atoms. The van der Waals surface area contributed by atoms with E-state index >= 15 is 0 Å². The van der Waals surface area contributed by atoms with Crippen molar-refractivity contribution in [3.05, 3.63) is 90.3 Å². The van der Waals surface area contributed by atoms with Gasteiger partial charge < -0.3 is 14.8 Å². The molecule has 0 aliphatic carbocycles. The van der Waals surface area contributed by atoms with E-state index in [0.29, 0.717) is 23.5 Å². The lowest BCUT2D eigenvalue weighted by Crippen LogP contribution is -2.32. The van der Waals surface area contributed by atoms with Gasteiger partial charge in [-0.15, -0.1) is 6.58 Å². The van der Waals surface area contributed by atoms with Crippen molar-refractivity contribution in [3.63, 3.8) is 0 Å². The molecule has 3 rings (SSSR count). The Hall–Kier alpha value is -3.60. The van der Waals surface area contributed by atoms with E-state index < -0.39 is 0 Å². The summed E-state index contributed by atoms with van der Waals surface area (Å²) in [6, 6.07) is 15.8. The van der Waals surface area contributed by atoms with Gasteiger partial charge in [-0.25, -0.2) is 0 Å². The second kappa shape index (κ2) is 11.9. The zero-order chi connectivity index (χ0) is 23.6. The Labute approximate surface area is 196 Å². The van der Waals surface area contributed by atoms with E-state index in [1.807, 2.05) is 61.7 Å². The molecular formula is C28H32N2O3. The van der Waals surface area contributed by atoms with Crippen molar-refractivity contribution in [1.82, 2.24) is 10.3 Å². The summed E-state index contributed by atoms with van der Waals surface area (Å²) < 4.78 is 10.8. The van der Waals surface area contributed by atoms with Crippen molar-refractivity contribution >= 4 is 5.91 Å². The lowest BCUT2D eigenvalue weighted by molar-refractivity contribution is 0.0938. The molecule has 172 valence electrons. The molecule has 1 atom stereocenters. The average molecular weight is 445 g/mol. The van der Waals surface area contributed by atoms with Gasteiger partial charge >= 0.3 is 0 Å². The van der Waals surface area contributed by atoms with Gasteiger partial charge in [0.15, 0.2) is 11.5 Å². The lowest BCUT2D eigenvalue weighted by atomic mass is 9.95. The minimum absolute atomic E-state index is 0.0620. The summed E-state index contributed by atoms with van der Waals surface area (Å²) >= 11 is 0. The highest BCUT2D eigenvalue weighted by atomic mass is 16.5. The van der Waals surface area contributed by atoms with Gasteiger partial charge in [0.2, 0.25) is 0 Å². The number of aryl methyl sites for hydroxylation is 1. The molecule has 5 heteroatoms. The molecule has 33 heavy (non-hydrogen) atoms. The van der Waals surface area contributed by atoms with Crippen molar-refractivity contribution in [1.29, 1.82) is 0 Å². The molecule has 5 nitrogen and oxygen atoms in total. The number of carbonyl (C=O) groups is 1. The van der Waals surface area contributed by atoms with E-state index in [1.54, 1.807) is 20.4 Å². The van der Waals surface area contributed by atoms with Crippen LogP contribution in [0.15, 0.2) is 73.6 Å². The Bertz CT molecular complexity index is 1080. The molecule has 0 radical (unpaired) electrons. The number of carbonyl (C=O) groups excluding carboxylic acids is 1. The predicted octanol–water partition coefficient (Wildman–Crippen LogP) is 5.64. The summed E-state index contributed by atoms with van der Waals surface area (Å²) in [5.74, 6) is 1.29. The molecule has 0 aliphatic heterocycles. The Balaban J connectivity index is 1.70. The molecule has 3 aromatic rings. The number of nitrogens with one attached hydrogen (secondary N) is 1. The van der Waals surface area contributed by atoms with Crippen molar-refractivity contribution in [3.8, 4) is 22.6 Å². The van der Waals surface area contributed by atoms with Gasteiger partial charge in [0.25, 0.3) is 5.91 Å². The molecule has 0 unspecified atom stereocenters. The number of nitrogens with zero attached hydrogens (tertiary/aromatic N) is 1. The second-order valence-corrected chi connectivity index (χ2v) is 8.06. The molecule has 1 aromatic heterocycles. The zero-order valence-corrected chi connectivity index (χ0v) is 19.6. The molecule has 0 saturated heterocycles. The maximum absolute atomic E-state index is 12.9. The Morgan fingerprint density at radius 2 is 1.94 bits per heavy atom. The van der Waals surface area contributed by atoms with E-state index in [0.717, 1.165) is 36.0 Å². The predicted molar refractivity (Wildman–Crippen MR) is 133 cm³/mol. The van der Waals surface area contributed by atoms with Crippen molar-refractivity contribution in [2.45, 2.75) is 38.6 Å². The van der Waals surface area contributed by atoms with E-state index in [2.05, 4.69) is 22.9 Å². The number of pyridine rings is 1. The fourth-order valence-electron chi connectivity index (χ4n) is 3.88. The fourth-order valence-corrected chi connectivity index (χ4v) is 3.88. The Morgan fingerprint density at radius 1 is 1.12 bits per heavy atom. The summed E-state index contributed by atoms with van der Waals surface area (Å²) in [7, 11) is 3.24. The fraction of sp³-hybridized carbons (Fsp3) is 0.286. The smallest absolute Gasteiger partial charge is 0.251 e. The SMILES string of the molecule is C=CCc1cc(C(=O)N[C@H](C)CCCc2cccnc2)ccc1-c1ccc(OC)c(OC)c1. The molecule has 1 amide bonds. The molecule has 0 spiro atoms. The molecule has 2 aromatic carbocycles. The van der Waals surface area contributed by atoms with Gasteiger partial charge in [0.05, 0.1) is 14.2 Å². The van der Waals surface area contributed by atoms with E-state index in [-0.39, 0.29) is 11.9 Å². The van der Waals surface area contributed by atoms with Crippen LogP contribution in [0.1, 0.15) is 41.3 Å². The summed E-state index contributed by atoms with van der Waals surface area (Å²) in [4.78, 5) is 17.0. The first kappa shape index (κ1) is 24.1. The standard InChI is InChI=1S/C28H32N2O3/c1-5-8-22-17-24(12-14-25(22)23-13-15-26(32-3)27(18-23)33-4)28(31)30-20(2)9-6-10-21-11-7-16-29-19-21/h5,7,11-20H,1,6,8-10H2,2-4H3,(H,30,31)/t20-/m1/s1. The highest BCUT2D eigenvalue weighted by molar-refractivity contribution is 5.95. The minimum Gasteiger partial charge on any atom is -0.493 e. The first-order valence-corrected chi connectivity index (χ1v) is 11.2. The van der Waals surface area contributed by atoms with Crippen LogP contribution in [0.3, 0.4) is 0 Å². The number of benzene rings is 2. The average Bonchev–Trinajstić information content (AvgIpc) is 2.84. The van der Waals surface area contributed by atoms with Crippen LogP contribution in [0, 0.1) is 0 Å². The van der Waals surface area contributed by atoms with Crippen LogP contribution < -0.4 is 14.8 Å². The van der Waals surface area contributed by atoms with E-state index in [9.17, 15) is 4.79 Å². The van der Waals surface area contributed by atoms with Gasteiger partial charge in [0.1, 0.15) is 0 Å². The third-order valence-electron chi connectivity index (χ3n) is 5.63. The highest BCUT2D eigenvalue weighted by Crippen LogP contribution is 2.34. The van der Waals surface area contributed by atoms with Crippen LogP contribution in [0.5, 0.6) is 11.5 Å². The van der Waals surface area contributed by atoms with Crippen molar-refractivity contribution in [2.24, 2.45) is 0 Å². The maximum Gasteiger partial charge on any atom is 0.251 e. The Morgan fingerprint density at radius 3 is 2.64 bits per heavy atom. The number of methoxy groups -OCH3 is 2. The molecule has 1 N–H and O–H groups in total. The molecule has 0 saturated carbocycles. The Kier molecular flexibility index (Phi) is 8.64. The third-order valence-corrected chi connectivity index (χ3v) is 5.63. The van der Waals surface area contributed by atoms with Crippen LogP contribution in [-0.4, -0.2) is 31.2 Å². The number of hydrogen-bond acceptors (Lipinski definition) is 4. The van der Waals surface area contributed by atoms with Crippen LogP contribution in [0.2, 0.25) is 0 Å². The van der Waals surface area contributed by atoms with E-state index in [4.69, 9.17) is 9.47 Å². The van der Waals surface area contributed by atoms with Crippen LogP contribution in [0.25, 0.3) is 11.1 Å². The van der Waals surface area contributed by atoms with Crippen LogP contribution in [-0.2, 0) is 12.8 Å². The first-order valence-electron chi connectivity index (χ1n) is 11.2. The number of allylic oxidation sites excluding steroid dienone is 1. The minimum atomic E-state index is -0.0620. The maximum atomic E-state index is 12.9. The topological polar surface area (TPSA) is 60.5 Å². The molecular weight excluding hydrogens is 412 g/mol. The van der Waals surface area contributed by atoms with Gasteiger partial charge in [-0.2, -0.15) is 0 Å². The summed E-state index contributed by atoms with van der Waals surface area (Å²) in [6.45, 7) is 5.93. The van der Waals surface area contributed by atoms with Gasteiger partial charge in [-0.3, -0.25) is 9.78 Å². The van der Waals surface area contributed by atoms with Gasteiger partial charge in [-0.05, 0) is 85.2 Å². The summed E-state index contributed by atoms with van der Waals surface area (Å²) in [5, 5.41) is 3.13. The quantitative estimate of drug-likeness (QED) is 0.389. The lowest BCUT2D eigenvalue weighted by Gasteiger charge is -2.16. The zero-order valence-electron chi connectivity index (χ0n) is 19.6. The number of rotatable bonds is 11. The monoisotopic (exact) mass is 444 g/mol. The number of aromatic nitrogens is 1. The number of hydrogen-bond donors (Lipinski definition) is 1. The second-order valence-electron chi connectivity index (χ2n) is 8.06. The van der Waals surface area contributed by atoms with Crippen molar-refractivity contribution < 1.29 is 14.3 Å². The summed E-state index contributed by atoms with van der Waals surface area (Å²) in [5.41, 5.74) is 4.94. The number of ether oxygens (including phenoxy) is 2. The molecule has 1 heterocycles. The van der Waals surface area contributed by atoms with Crippen molar-refractivity contribution in [2.75, 3.05) is 14.2 Å². The van der Waals surface area contributed by atoms with E-state index in [1.165, 1.54) is 5.56 Å². The van der Waals surface area contributed by atoms with Crippen LogP contribution in [0.4, 0.5) is 0 Å². The van der Waals surface area contributed by atoms with Gasteiger partial charge in [0, 0.05) is 24.0 Å². The normalized spacial score (nSPS) is 11.5. The third kappa shape index (κ3) is 6.45. The van der Waals surface area contributed by atoms with Crippen LogP contribution >= 0.6 is 0 Å². The highest BCUT2D eigenvalue weighted by Gasteiger charge is 2.14.